The van der Waals surface area contributed by atoms with E-state index in [0.717, 1.165) is 10.8 Å². The summed E-state index contributed by atoms with van der Waals surface area (Å²) in [6, 6.07) is 14.6. The minimum Gasteiger partial charge on any atom is -0.483 e. The maximum Gasteiger partial charge on any atom is 0.258 e. The lowest BCUT2D eigenvalue weighted by Crippen LogP contribution is -2.31. The Labute approximate surface area is 139 Å². The summed E-state index contributed by atoms with van der Waals surface area (Å²) < 4.78 is 10.9. The smallest absolute Gasteiger partial charge is 0.258 e. The molecule has 5 heteroatoms. The van der Waals surface area contributed by atoms with Gasteiger partial charge in [0.15, 0.2) is 6.61 Å². The zero-order valence-electron chi connectivity index (χ0n) is 12.6. The second kappa shape index (κ2) is 6.75. The van der Waals surface area contributed by atoms with Crippen molar-refractivity contribution >= 4 is 28.3 Å². The molecule has 1 atom stereocenters. The average Bonchev–Trinajstić information content (AvgIpc) is 3.09. The predicted octanol–water partition coefficient (Wildman–Crippen LogP) is 4.34. The number of nitrogens with one attached hydrogen (secondary N) is 1. The van der Waals surface area contributed by atoms with E-state index in [-0.39, 0.29) is 18.6 Å². The van der Waals surface area contributed by atoms with Gasteiger partial charge in [-0.3, -0.25) is 4.79 Å². The predicted molar refractivity (Wildman–Crippen MR) is 89.7 cm³/mol. The Morgan fingerprint density at radius 2 is 1.96 bits per heavy atom. The summed E-state index contributed by atoms with van der Waals surface area (Å²) in [5, 5.41) is 5.27. The normalized spacial score (nSPS) is 12.1. The van der Waals surface area contributed by atoms with Gasteiger partial charge in [-0.1, -0.05) is 35.9 Å². The van der Waals surface area contributed by atoms with Gasteiger partial charge < -0.3 is 14.5 Å². The molecule has 1 heterocycles. The van der Waals surface area contributed by atoms with Crippen LogP contribution < -0.4 is 10.1 Å². The number of ether oxygens (including phenoxy) is 1. The van der Waals surface area contributed by atoms with Crippen molar-refractivity contribution in [3.8, 4) is 5.75 Å². The highest BCUT2D eigenvalue weighted by Crippen LogP contribution is 2.31. The van der Waals surface area contributed by atoms with E-state index in [1.165, 1.54) is 0 Å². The van der Waals surface area contributed by atoms with E-state index in [1.807, 2.05) is 37.3 Å². The van der Waals surface area contributed by atoms with Crippen molar-refractivity contribution in [3.05, 3.63) is 65.6 Å². The number of rotatable bonds is 5. The molecule has 3 rings (SSSR count). The third-order valence-corrected chi connectivity index (χ3v) is 3.87. The van der Waals surface area contributed by atoms with Crippen LogP contribution in [0.5, 0.6) is 5.75 Å². The minimum atomic E-state index is -0.215. The lowest BCUT2D eigenvalue weighted by molar-refractivity contribution is -0.123. The molecule has 4 nitrogen and oxygen atoms in total. The van der Waals surface area contributed by atoms with E-state index in [2.05, 4.69) is 5.32 Å². The second-order valence-electron chi connectivity index (χ2n) is 5.18. The van der Waals surface area contributed by atoms with Crippen molar-refractivity contribution in [1.29, 1.82) is 0 Å². The molecule has 1 amide bonds. The zero-order chi connectivity index (χ0) is 16.2. The molecule has 0 spiro atoms. The SMILES string of the molecule is C[C@@H](NC(=O)COc1ccc(Cl)c2ccccc12)c1ccco1. The Hall–Kier alpha value is -2.46. The van der Waals surface area contributed by atoms with Gasteiger partial charge >= 0.3 is 0 Å². The first kappa shape index (κ1) is 15.4. The quantitative estimate of drug-likeness (QED) is 0.757. The first-order valence-corrected chi connectivity index (χ1v) is 7.66. The van der Waals surface area contributed by atoms with Gasteiger partial charge in [0, 0.05) is 15.8 Å². The molecular weight excluding hydrogens is 314 g/mol. The van der Waals surface area contributed by atoms with E-state index in [4.69, 9.17) is 20.8 Å². The van der Waals surface area contributed by atoms with Crippen LogP contribution in [0, 0.1) is 0 Å². The summed E-state index contributed by atoms with van der Waals surface area (Å²) in [7, 11) is 0. The molecule has 3 aromatic rings. The van der Waals surface area contributed by atoms with Gasteiger partial charge in [0.1, 0.15) is 11.5 Å². The molecule has 118 valence electrons. The Bertz CT molecular complexity index is 814. The van der Waals surface area contributed by atoms with Gasteiger partial charge in [0.05, 0.1) is 12.3 Å². The molecule has 0 bridgehead atoms. The van der Waals surface area contributed by atoms with Crippen LogP contribution >= 0.6 is 11.6 Å². The summed E-state index contributed by atoms with van der Waals surface area (Å²) in [6.45, 7) is 1.78. The van der Waals surface area contributed by atoms with E-state index < -0.39 is 0 Å². The summed E-state index contributed by atoms with van der Waals surface area (Å²) in [5.74, 6) is 1.12. The van der Waals surface area contributed by atoms with E-state index in [1.54, 1.807) is 24.5 Å². The van der Waals surface area contributed by atoms with E-state index in [9.17, 15) is 4.79 Å². The largest absolute Gasteiger partial charge is 0.483 e. The van der Waals surface area contributed by atoms with Crippen molar-refractivity contribution in [2.45, 2.75) is 13.0 Å². The number of hydrogen-bond acceptors (Lipinski definition) is 3. The van der Waals surface area contributed by atoms with Crippen LogP contribution in [-0.4, -0.2) is 12.5 Å². The summed E-state index contributed by atoms with van der Waals surface area (Å²) >= 11 is 6.17. The van der Waals surface area contributed by atoms with E-state index >= 15 is 0 Å². The van der Waals surface area contributed by atoms with Crippen LogP contribution in [0.3, 0.4) is 0 Å². The third-order valence-electron chi connectivity index (χ3n) is 3.54. The van der Waals surface area contributed by atoms with Crippen molar-refractivity contribution in [2.24, 2.45) is 0 Å². The maximum atomic E-state index is 12.0. The monoisotopic (exact) mass is 329 g/mol. The highest BCUT2D eigenvalue weighted by molar-refractivity contribution is 6.35. The summed E-state index contributed by atoms with van der Waals surface area (Å²) in [4.78, 5) is 12.0. The van der Waals surface area contributed by atoms with E-state index in [0.29, 0.717) is 16.5 Å². The maximum absolute atomic E-state index is 12.0. The molecule has 0 radical (unpaired) electrons. The molecule has 0 fully saturated rings. The lowest BCUT2D eigenvalue weighted by atomic mass is 10.1. The molecule has 1 N–H and O–H groups in total. The zero-order valence-corrected chi connectivity index (χ0v) is 13.3. The number of carbonyl (C=O) groups is 1. The molecule has 0 unspecified atom stereocenters. The Balaban J connectivity index is 1.67. The molecular formula is C18H16ClNO3. The molecule has 0 saturated heterocycles. The number of fused-ring (bicyclic) bond motifs is 1. The Morgan fingerprint density at radius 3 is 2.70 bits per heavy atom. The van der Waals surface area contributed by atoms with Gasteiger partial charge in [0.25, 0.3) is 5.91 Å². The number of carbonyl (C=O) groups excluding carboxylic acids is 1. The molecule has 1 aromatic heterocycles. The second-order valence-corrected chi connectivity index (χ2v) is 5.59. The minimum absolute atomic E-state index is 0.0727. The van der Waals surface area contributed by atoms with Gasteiger partial charge in [-0.05, 0) is 31.2 Å². The standard InChI is InChI=1S/C18H16ClNO3/c1-12(16-7-4-10-22-16)20-18(21)11-23-17-9-8-15(19)13-5-2-3-6-14(13)17/h2-10,12H,11H2,1H3,(H,20,21)/t12-/m1/s1. The molecule has 2 aromatic carbocycles. The lowest BCUT2D eigenvalue weighted by Gasteiger charge is -2.13. The third kappa shape index (κ3) is 3.48. The van der Waals surface area contributed by atoms with Crippen LogP contribution in [-0.2, 0) is 4.79 Å². The van der Waals surface area contributed by atoms with Crippen LogP contribution in [0.2, 0.25) is 5.02 Å². The van der Waals surface area contributed by atoms with Gasteiger partial charge in [-0.15, -0.1) is 0 Å². The molecule has 0 aliphatic heterocycles. The highest BCUT2D eigenvalue weighted by Gasteiger charge is 2.13. The van der Waals surface area contributed by atoms with Crippen LogP contribution in [0.4, 0.5) is 0 Å². The fraction of sp³-hybridized carbons (Fsp3) is 0.167. The van der Waals surface area contributed by atoms with Crippen molar-refractivity contribution in [1.82, 2.24) is 5.32 Å². The Kier molecular flexibility index (Phi) is 4.53. The molecule has 0 aliphatic rings. The van der Waals surface area contributed by atoms with Crippen molar-refractivity contribution in [2.75, 3.05) is 6.61 Å². The highest BCUT2D eigenvalue weighted by atomic mass is 35.5. The average molecular weight is 330 g/mol. The number of benzene rings is 2. The topological polar surface area (TPSA) is 51.5 Å². The van der Waals surface area contributed by atoms with Crippen LogP contribution in [0.1, 0.15) is 18.7 Å². The number of furan rings is 1. The molecule has 0 saturated carbocycles. The summed E-state index contributed by atoms with van der Waals surface area (Å²) in [5.41, 5.74) is 0. The van der Waals surface area contributed by atoms with Gasteiger partial charge in [-0.2, -0.15) is 0 Å². The van der Waals surface area contributed by atoms with Gasteiger partial charge in [0.2, 0.25) is 0 Å². The number of amides is 1. The van der Waals surface area contributed by atoms with Crippen LogP contribution in [0.25, 0.3) is 10.8 Å². The first-order chi connectivity index (χ1) is 11.1. The molecule has 0 aliphatic carbocycles. The number of halogens is 1. The van der Waals surface area contributed by atoms with Gasteiger partial charge in [-0.25, -0.2) is 0 Å². The number of hydrogen-bond donors (Lipinski definition) is 1. The Morgan fingerprint density at radius 1 is 1.17 bits per heavy atom. The first-order valence-electron chi connectivity index (χ1n) is 7.28. The fourth-order valence-electron chi connectivity index (χ4n) is 2.40. The fourth-order valence-corrected chi connectivity index (χ4v) is 2.62. The van der Waals surface area contributed by atoms with Crippen LogP contribution in [0.15, 0.2) is 59.2 Å². The van der Waals surface area contributed by atoms with Crippen molar-refractivity contribution < 1.29 is 13.9 Å². The van der Waals surface area contributed by atoms with Crippen molar-refractivity contribution in [3.63, 3.8) is 0 Å². The summed E-state index contributed by atoms with van der Waals surface area (Å²) in [6.07, 6.45) is 1.58. The molecule has 23 heavy (non-hydrogen) atoms.